The molecule has 1 aliphatic heterocycles. The number of carbonyl (C=O) groups excluding carboxylic acids is 2. The molecule has 7 nitrogen and oxygen atoms in total. The first-order valence-corrected chi connectivity index (χ1v) is 13.7. The Kier molecular flexibility index (Phi) is 12.0. The van der Waals surface area contributed by atoms with Gasteiger partial charge in [0, 0.05) is 0 Å². The molecule has 2 atom stereocenters. The minimum Gasteiger partial charge on any atom is -0.492 e. The van der Waals surface area contributed by atoms with E-state index in [1.54, 1.807) is 12.1 Å². The highest BCUT2D eigenvalue weighted by Crippen LogP contribution is 2.29. The van der Waals surface area contributed by atoms with Crippen LogP contribution in [0.25, 0.3) is 0 Å². The Balaban J connectivity index is 1.37. The SMILES string of the molecule is CCCCCCCCCCOc1ccc(C(=O)Oc2ccc(OC(=O)O[C@H]3O[C@@H]3CCC)cc2)cc1Cl. The Morgan fingerprint density at radius 1 is 0.838 bits per heavy atom. The van der Waals surface area contributed by atoms with Crippen LogP contribution in [0.3, 0.4) is 0 Å². The minimum atomic E-state index is -0.840. The molecule has 1 saturated heterocycles. The van der Waals surface area contributed by atoms with Crippen LogP contribution >= 0.6 is 11.6 Å². The van der Waals surface area contributed by atoms with Crippen molar-refractivity contribution in [1.82, 2.24) is 0 Å². The van der Waals surface area contributed by atoms with Gasteiger partial charge in [-0.1, -0.05) is 76.8 Å². The molecule has 202 valence electrons. The van der Waals surface area contributed by atoms with E-state index in [0.29, 0.717) is 28.7 Å². The number of halogens is 1. The van der Waals surface area contributed by atoms with E-state index >= 15 is 0 Å². The molecule has 0 aliphatic carbocycles. The highest BCUT2D eigenvalue weighted by Gasteiger charge is 2.42. The molecule has 0 saturated carbocycles. The van der Waals surface area contributed by atoms with Crippen molar-refractivity contribution in [3.63, 3.8) is 0 Å². The van der Waals surface area contributed by atoms with Crippen molar-refractivity contribution in [3.8, 4) is 17.2 Å². The highest BCUT2D eigenvalue weighted by molar-refractivity contribution is 6.32. The topological polar surface area (TPSA) is 83.6 Å². The van der Waals surface area contributed by atoms with Gasteiger partial charge in [-0.15, -0.1) is 0 Å². The van der Waals surface area contributed by atoms with E-state index in [-0.39, 0.29) is 11.9 Å². The van der Waals surface area contributed by atoms with Gasteiger partial charge in [-0.3, -0.25) is 0 Å². The molecule has 0 radical (unpaired) electrons. The predicted octanol–water partition coefficient (Wildman–Crippen LogP) is 8.12. The molecule has 37 heavy (non-hydrogen) atoms. The van der Waals surface area contributed by atoms with Gasteiger partial charge in [0.25, 0.3) is 0 Å². The second kappa shape index (κ2) is 15.5. The standard InChI is InChI=1S/C29H37ClO7/c1-3-5-6-7-8-9-10-11-19-33-25-18-13-21(20-24(25)30)27(31)34-22-14-16-23(17-15-22)35-29(32)37-28-26(36-28)12-4-2/h13-18,20,26,28H,3-12,19H2,1-2H3/t26-,28-/m1/s1. The molecule has 2 aromatic rings. The van der Waals surface area contributed by atoms with Crippen molar-refractivity contribution in [2.75, 3.05) is 6.61 Å². The number of esters is 1. The normalized spacial score (nSPS) is 16.2. The minimum absolute atomic E-state index is 0.0524. The summed E-state index contributed by atoms with van der Waals surface area (Å²) < 4.78 is 26.6. The van der Waals surface area contributed by atoms with E-state index < -0.39 is 18.4 Å². The number of carbonyl (C=O) groups is 2. The zero-order valence-electron chi connectivity index (χ0n) is 21.7. The molecule has 3 rings (SSSR count). The lowest BCUT2D eigenvalue weighted by atomic mass is 10.1. The molecule has 1 heterocycles. The van der Waals surface area contributed by atoms with Crippen LogP contribution in [0.5, 0.6) is 17.2 Å². The van der Waals surface area contributed by atoms with Crippen molar-refractivity contribution >= 4 is 23.7 Å². The van der Waals surface area contributed by atoms with E-state index in [9.17, 15) is 9.59 Å². The predicted molar refractivity (Wildman–Crippen MR) is 142 cm³/mol. The number of hydrogen-bond donors (Lipinski definition) is 0. The summed E-state index contributed by atoms with van der Waals surface area (Å²) in [6.45, 7) is 4.85. The summed E-state index contributed by atoms with van der Waals surface area (Å²) in [7, 11) is 0. The quantitative estimate of drug-likeness (QED) is 0.0709. The Morgan fingerprint density at radius 3 is 2.14 bits per heavy atom. The maximum absolute atomic E-state index is 12.5. The molecular weight excluding hydrogens is 496 g/mol. The second-order valence-electron chi connectivity index (χ2n) is 9.13. The number of epoxide rings is 1. The maximum Gasteiger partial charge on any atom is 0.516 e. The van der Waals surface area contributed by atoms with Gasteiger partial charge in [-0.05, 0) is 55.3 Å². The van der Waals surface area contributed by atoms with Gasteiger partial charge in [0.2, 0.25) is 6.29 Å². The van der Waals surface area contributed by atoms with Crippen LogP contribution < -0.4 is 14.2 Å². The summed E-state index contributed by atoms with van der Waals surface area (Å²) in [5.74, 6) is 0.550. The lowest BCUT2D eigenvalue weighted by molar-refractivity contribution is 0.0560. The molecule has 0 bridgehead atoms. The summed E-state index contributed by atoms with van der Waals surface area (Å²) in [5.41, 5.74) is 0.305. The smallest absolute Gasteiger partial charge is 0.492 e. The van der Waals surface area contributed by atoms with Gasteiger partial charge in [0.05, 0.1) is 17.2 Å². The summed E-state index contributed by atoms with van der Waals surface area (Å²) in [6, 6.07) is 10.9. The van der Waals surface area contributed by atoms with E-state index in [0.717, 1.165) is 25.7 Å². The van der Waals surface area contributed by atoms with Gasteiger partial charge >= 0.3 is 12.1 Å². The van der Waals surface area contributed by atoms with E-state index in [4.69, 9.17) is 35.3 Å². The second-order valence-corrected chi connectivity index (χ2v) is 9.54. The Labute approximate surface area is 224 Å². The summed E-state index contributed by atoms with van der Waals surface area (Å²) in [5, 5.41) is 0.358. The lowest BCUT2D eigenvalue weighted by Crippen LogP contribution is -2.14. The molecule has 1 fully saturated rings. The molecular formula is C29H37ClO7. The van der Waals surface area contributed by atoms with Gasteiger partial charge in [0.15, 0.2) is 0 Å². The number of unbranched alkanes of at least 4 members (excludes halogenated alkanes) is 7. The van der Waals surface area contributed by atoms with Crippen LogP contribution in [0, 0.1) is 0 Å². The number of hydrogen-bond acceptors (Lipinski definition) is 7. The van der Waals surface area contributed by atoms with Crippen molar-refractivity contribution in [2.45, 2.75) is 90.4 Å². The van der Waals surface area contributed by atoms with Crippen LogP contribution in [0.2, 0.25) is 5.02 Å². The van der Waals surface area contributed by atoms with Crippen LogP contribution in [0.1, 0.15) is 88.4 Å². The third kappa shape index (κ3) is 10.3. The first-order valence-electron chi connectivity index (χ1n) is 13.3. The van der Waals surface area contributed by atoms with Crippen LogP contribution in [-0.2, 0) is 9.47 Å². The first-order chi connectivity index (χ1) is 18.0. The molecule has 0 amide bonds. The van der Waals surface area contributed by atoms with Crippen LogP contribution in [0.15, 0.2) is 42.5 Å². The first kappa shape index (κ1) is 28.8. The summed E-state index contributed by atoms with van der Waals surface area (Å²) in [6.07, 6.45) is 10.2. The summed E-state index contributed by atoms with van der Waals surface area (Å²) >= 11 is 6.32. The molecule has 8 heteroatoms. The molecule has 2 aromatic carbocycles. The van der Waals surface area contributed by atoms with Crippen molar-refractivity contribution in [2.24, 2.45) is 0 Å². The monoisotopic (exact) mass is 532 g/mol. The van der Waals surface area contributed by atoms with Crippen molar-refractivity contribution < 1.29 is 33.3 Å². The zero-order chi connectivity index (χ0) is 26.5. The Morgan fingerprint density at radius 2 is 1.49 bits per heavy atom. The third-order valence-electron chi connectivity index (χ3n) is 5.98. The summed E-state index contributed by atoms with van der Waals surface area (Å²) in [4.78, 5) is 24.4. The van der Waals surface area contributed by atoms with E-state index in [2.05, 4.69) is 6.92 Å². The van der Waals surface area contributed by atoms with Crippen molar-refractivity contribution in [3.05, 3.63) is 53.1 Å². The third-order valence-corrected chi connectivity index (χ3v) is 6.28. The Hall–Kier alpha value is -2.77. The maximum atomic E-state index is 12.5. The Bertz CT molecular complexity index is 992. The number of rotatable bonds is 16. The number of ether oxygens (including phenoxy) is 5. The lowest BCUT2D eigenvalue weighted by Gasteiger charge is -2.10. The average molecular weight is 533 g/mol. The van der Waals surface area contributed by atoms with Gasteiger partial charge < -0.3 is 23.7 Å². The molecule has 0 N–H and O–H groups in total. The highest BCUT2D eigenvalue weighted by atomic mass is 35.5. The fourth-order valence-corrected chi connectivity index (χ4v) is 4.07. The fraction of sp³-hybridized carbons (Fsp3) is 0.517. The van der Waals surface area contributed by atoms with Crippen LogP contribution in [0.4, 0.5) is 4.79 Å². The fourth-order valence-electron chi connectivity index (χ4n) is 3.84. The van der Waals surface area contributed by atoms with Gasteiger partial charge in [-0.25, -0.2) is 9.59 Å². The molecule has 0 unspecified atom stereocenters. The average Bonchev–Trinajstić information content (AvgIpc) is 3.61. The zero-order valence-corrected chi connectivity index (χ0v) is 22.5. The van der Waals surface area contributed by atoms with Gasteiger partial charge in [-0.2, -0.15) is 0 Å². The largest absolute Gasteiger partial charge is 0.516 e. The van der Waals surface area contributed by atoms with Gasteiger partial charge in [0.1, 0.15) is 23.4 Å². The molecule has 1 aliphatic rings. The van der Waals surface area contributed by atoms with Crippen molar-refractivity contribution in [1.29, 1.82) is 0 Å². The van der Waals surface area contributed by atoms with E-state index in [1.165, 1.54) is 68.9 Å². The number of benzene rings is 2. The molecule has 0 spiro atoms. The van der Waals surface area contributed by atoms with Crippen LogP contribution in [-0.4, -0.2) is 31.1 Å². The molecule has 0 aromatic heterocycles. The van der Waals surface area contributed by atoms with E-state index in [1.807, 2.05) is 6.92 Å².